The summed E-state index contributed by atoms with van der Waals surface area (Å²) in [6, 6.07) is -9.53. The number of nitrogens with zero attached hydrogens (tertiary/aromatic N) is 3. The largest absolute Gasteiger partial charge is 0.394 e. The molecule has 2 aliphatic rings. The molecule has 4 rings (SSSR count). The van der Waals surface area contributed by atoms with Gasteiger partial charge in [-0.05, 0) is 57.1 Å². The number of carbonyl (C=O) groups is 13. The molecule has 35 nitrogen and oxygen atoms in total. The van der Waals surface area contributed by atoms with Gasteiger partial charge in [-0.2, -0.15) is 25.3 Å². The number of H-pyrrole nitrogens is 1. The van der Waals surface area contributed by atoms with E-state index in [9.17, 15) is 67.4 Å². The van der Waals surface area contributed by atoms with Crippen molar-refractivity contribution in [1.29, 1.82) is 0 Å². The Hall–Kier alpha value is -8.27. The molecule has 0 radical (unpaired) electrons. The predicted molar refractivity (Wildman–Crippen MR) is 343 cm³/mol. The van der Waals surface area contributed by atoms with Crippen molar-refractivity contribution in [1.82, 2.24) is 63.1 Å². The maximum atomic E-state index is 14.6. The Balaban J connectivity index is 1.75. The normalized spacial score (nSPS) is 21.9. The molecule has 2 aliphatic heterocycles. The zero-order valence-corrected chi connectivity index (χ0v) is 53.0. The van der Waals surface area contributed by atoms with Crippen LogP contribution in [0.2, 0.25) is 0 Å². The number of amides is 13. The summed E-state index contributed by atoms with van der Waals surface area (Å²) in [5, 5.41) is 35.8. The first-order valence-electron chi connectivity index (χ1n) is 28.6. The van der Waals surface area contributed by atoms with Crippen molar-refractivity contribution in [3.8, 4) is 0 Å². The minimum Gasteiger partial charge on any atom is -0.394 e. The molecule has 0 saturated carbocycles. The van der Waals surface area contributed by atoms with Crippen molar-refractivity contribution >= 4 is 146 Å². The topological polar surface area (TPSA) is 588 Å². The molecule has 0 spiro atoms. The van der Waals surface area contributed by atoms with Gasteiger partial charge in [-0.3, -0.25) is 72.3 Å². The number of nitrogens with two attached hydrogens (primary N) is 7. The van der Waals surface area contributed by atoms with E-state index in [4.69, 9.17) is 40.1 Å². The van der Waals surface area contributed by atoms with Crippen LogP contribution in [-0.2, 0) is 68.7 Å². The number of aromatic nitrogens is 1. The molecule has 11 atom stereocenters. The highest BCUT2D eigenvalue weighted by Gasteiger charge is 2.41. The number of aliphatic imine (C=N–C) groups is 2. The third-order valence-corrected chi connectivity index (χ3v) is 17.1. The number of primary amides is 2. The van der Waals surface area contributed by atoms with Crippen LogP contribution in [0.5, 0.6) is 0 Å². The molecule has 3 unspecified atom stereocenters. The molecule has 2 saturated heterocycles. The lowest BCUT2D eigenvalue weighted by molar-refractivity contribution is -0.143. The first kappa shape index (κ1) is 75.2. The van der Waals surface area contributed by atoms with Gasteiger partial charge in [0.1, 0.15) is 66.5 Å². The summed E-state index contributed by atoms with van der Waals surface area (Å²) in [5.74, 6) is -14.3. The van der Waals surface area contributed by atoms with E-state index < -0.39 is 169 Å². The Bertz CT molecular complexity index is 3010. The van der Waals surface area contributed by atoms with Gasteiger partial charge in [0.15, 0.2) is 11.9 Å². The average Bonchev–Trinajstić information content (AvgIpc) is 2.18. The summed E-state index contributed by atoms with van der Waals surface area (Å²) in [5.41, 5.74) is 39.8. The number of aliphatic hydroxyl groups excluding tert-OH is 1. The molecule has 26 N–H and O–H groups in total. The van der Waals surface area contributed by atoms with E-state index in [0.29, 0.717) is 16.5 Å². The second-order valence-electron chi connectivity index (χ2n) is 20.9. The van der Waals surface area contributed by atoms with E-state index in [1.54, 1.807) is 30.5 Å². The highest BCUT2D eigenvalue weighted by atomic mass is 33.1. The number of aromatic amines is 1. The van der Waals surface area contributed by atoms with E-state index in [2.05, 4.69) is 93.4 Å². The van der Waals surface area contributed by atoms with E-state index in [1.165, 1.54) is 6.92 Å². The Morgan fingerprint density at radius 2 is 1.31 bits per heavy atom. The van der Waals surface area contributed by atoms with Gasteiger partial charge in [-0.1, -0.05) is 39.8 Å². The quantitative estimate of drug-likeness (QED) is 0.0137. The van der Waals surface area contributed by atoms with Crippen LogP contribution in [0.15, 0.2) is 40.4 Å². The average molecular weight is 1350 g/mol. The van der Waals surface area contributed by atoms with Gasteiger partial charge in [0.2, 0.25) is 76.8 Å². The van der Waals surface area contributed by atoms with Crippen molar-refractivity contribution in [3.05, 3.63) is 36.0 Å². The number of nitrogens with one attached hydrogen (secondary N) is 11. The van der Waals surface area contributed by atoms with Crippen molar-refractivity contribution in [2.45, 2.75) is 125 Å². The maximum absolute atomic E-state index is 14.6. The molecule has 0 aliphatic carbocycles. The first-order chi connectivity index (χ1) is 43.2. The Morgan fingerprint density at radius 1 is 0.714 bits per heavy atom. The van der Waals surface area contributed by atoms with Crippen LogP contribution in [0, 0.1) is 0 Å². The summed E-state index contributed by atoms with van der Waals surface area (Å²) in [7, 11) is 1.77. The van der Waals surface area contributed by atoms with Gasteiger partial charge in [-0.15, -0.1) is 0 Å². The zero-order chi connectivity index (χ0) is 67.5. The van der Waals surface area contributed by atoms with Crippen LogP contribution < -0.4 is 93.3 Å². The third-order valence-electron chi connectivity index (χ3n) is 14.0. The molecule has 2 aromatic rings. The smallest absolute Gasteiger partial charge is 0.246 e. The lowest BCUT2D eigenvalue weighted by Gasteiger charge is -2.30. The molecule has 91 heavy (non-hydrogen) atoms. The standard InChI is InChI=1S/C52H81N21O14S4/c1-24(41(78)67-30(15-25-18-62-27-8-3-2-7-26(25)27)44(81)65-28(9-4-12-60-51(56)57)42(79)70-33(20-88)40(55)77)63-47(84)36-23-91-90-22-35(64-39(76)17-53)48(85)71-34(21-89)46(83)69-32(19-74)45(82)68-31(16-38(54)75)50(87)73-14-6-11-37(73)49(86)66-29(43(80)72-36)10-5-13-61-52(58)59/h2-3,7-8,18,24,28-37,62,74,88-89H,4-6,9-17,19-23,53H2,1H3,(H2,54,75)(H2,55,77)(H,63,84)(H,64,76)(H,65,81)(H,66,86)(H,67,78)(H,68,82)(H,69,83)(H,70,79)(H,71,85)(H,72,80)(H4,56,57,60)(H4,58,59,61)/t24-,28-,29?,30-,31-,32?,33-,34-,35?,36-,37-/m0/s1. The number of rotatable bonds is 26. The minimum absolute atomic E-state index is 0.0174. The first-order valence-corrected chi connectivity index (χ1v) is 32.3. The number of aliphatic hydroxyl groups is 1. The molecule has 1 aromatic carbocycles. The molecular weight excluding hydrogens is 1270 g/mol. The highest BCUT2D eigenvalue weighted by Crippen LogP contribution is 2.25. The summed E-state index contributed by atoms with van der Waals surface area (Å²) in [6.07, 6.45) is 0.771. The van der Waals surface area contributed by atoms with Crippen LogP contribution in [0.1, 0.15) is 57.4 Å². The number of thiol groups is 2. The maximum Gasteiger partial charge on any atom is 0.246 e. The van der Waals surface area contributed by atoms with Gasteiger partial charge in [0.05, 0.1) is 19.6 Å². The van der Waals surface area contributed by atoms with Crippen molar-refractivity contribution < 1.29 is 67.4 Å². The molecule has 2 fully saturated rings. The number of benzene rings is 1. The second-order valence-corrected chi connectivity index (χ2v) is 24.2. The van der Waals surface area contributed by atoms with Gasteiger partial charge in [-0.25, -0.2) is 0 Å². The van der Waals surface area contributed by atoms with Crippen LogP contribution >= 0.6 is 46.8 Å². The Kier molecular flexibility index (Phi) is 31.2. The van der Waals surface area contributed by atoms with Gasteiger partial charge < -0.3 is 108 Å². The molecule has 39 heteroatoms. The van der Waals surface area contributed by atoms with Crippen LogP contribution in [0.25, 0.3) is 10.9 Å². The Labute approximate surface area is 541 Å². The number of guanidine groups is 2. The summed E-state index contributed by atoms with van der Waals surface area (Å²) in [4.78, 5) is 191. The monoisotopic (exact) mass is 1350 g/mol. The lowest BCUT2D eigenvalue weighted by Crippen LogP contribution is -2.61. The molecule has 1 aromatic heterocycles. The van der Waals surface area contributed by atoms with Crippen molar-refractivity contribution in [2.75, 3.05) is 55.8 Å². The zero-order valence-electron chi connectivity index (χ0n) is 49.6. The molecule has 13 amide bonds. The number of fused-ring (bicyclic) bond motifs is 2. The van der Waals surface area contributed by atoms with Crippen LogP contribution in [-0.4, -0.2) is 226 Å². The van der Waals surface area contributed by atoms with Crippen molar-refractivity contribution in [2.24, 2.45) is 50.1 Å². The van der Waals surface area contributed by atoms with E-state index in [1.807, 2.05) is 0 Å². The molecule has 3 heterocycles. The summed E-state index contributed by atoms with van der Waals surface area (Å²) >= 11 is 8.26. The number of para-hydroxylation sites is 1. The second kappa shape index (κ2) is 37.8. The van der Waals surface area contributed by atoms with E-state index >= 15 is 0 Å². The Morgan fingerprint density at radius 3 is 1.95 bits per heavy atom. The van der Waals surface area contributed by atoms with Gasteiger partial charge >= 0.3 is 0 Å². The van der Waals surface area contributed by atoms with E-state index in [-0.39, 0.29) is 93.8 Å². The fourth-order valence-corrected chi connectivity index (χ4v) is 12.1. The number of hydrogen-bond donors (Lipinski definition) is 21. The molecule has 0 bridgehead atoms. The highest BCUT2D eigenvalue weighted by molar-refractivity contribution is 8.76. The summed E-state index contributed by atoms with van der Waals surface area (Å²) < 4.78 is 0. The predicted octanol–water partition coefficient (Wildman–Crippen LogP) is -8.76. The number of carbonyl (C=O) groups excluding carboxylic acids is 13. The van der Waals surface area contributed by atoms with Gasteiger partial charge in [0.25, 0.3) is 0 Å². The fourth-order valence-electron chi connectivity index (χ4n) is 9.20. The van der Waals surface area contributed by atoms with E-state index in [0.717, 1.165) is 26.5 Å². The third kappa shape index (κ3) is 24.1. The molecular formula is C52H81N21O14S4. The fraction of sp³-hybridized carbons (Fsp3) is 0.558. The minimum atomic E-state index is -1.79. The van der Waals surface area contributed by atoms with Crippen LogP contribution in [0.3, 0.4) is 0 Å². The summed E-state index contributed by atoms with van der Waals surface area (Å²) in [6.45, 7) is -0.481. The van der Waals surface area contributed by atoms with Crippen molar-refractivity contribution in [3.63, 3.8) is 0 Å². The SMILES string of the molecule is C[C@H](NC(=O)[C@@H]1CSSCC(NC(=O)CN)C(=O)N[C@@H](CS)C(=O)NC(CO)C(=O)N[C@@H](CC(N)=O)C(=O)N2CCC[C@H]2C(=O)NC(CCCN=C(N)N)C(=O)N1)C(=O)N[C@@H](Cc1c[nH]c2ccccc12)C(=O)N[C@@H](CCCN=C(N)N)C(=O)N[C@@H](CS)C(N)=O. The number of hydrogen-bond acceptors (Lipinski definition) is 21. The lowest BCUT2D eigenvalue weighted by atomic mass is 10.0. The molecule has 502 valence electrons. The van der Waals surface area contributed by atoms with Crippen LogP contribution in [0.4, 0.5) is 0 Å². The van der Waals surface area contributed by atoms with Gasteiger partial charge in [0, 0.05) is 66.2 Å².